The van der Waals surface area contributed by atoms with E-state index >= 15 is 0 Å². The Labute approximate surface area is 98.5 Å². The van der Waals surface area contributed by atoms with Crippen LogP contribution in [0.15, 0.2) is 12.1 Å². The van der Waals surface area contributed by atoms with Gasteiger partial charge in [0.15, 0.2) is 0 Å². The molecular weight excluding hydrogens is 223 g/mol. The zero-order valence-electron chi connectivity index (χ0n) is 9.39. The van der Waals surface area contributed by atoms with E-state index in [4.69, 9.17) is 16.2 Å². The molecule has 0 aliphatic carbocycles. The molecule has 6 heteroatoms. The molecule has 1 fully saturated rings. The van der Waals surface area contributed by atoms with Crippen LogP contribution in [0, 0.1) is 11.2 Å². The van der Waals surface area contributed by atoms with E-state index in [-0.39, 0.29) is 17.1 Å². The monoisotopic (exact) mass is 239 g/mol. The van der Waals surface area contributed by atoms with Crippen LogP contribution in [-0.4, -0.2) is 37.1 Å². The molecule has 5 nitrogen and oxygen atoms in total. The van der Waals surface area contributed by atoms with E-state index < -0.39 is 5.82 Å². The molecule has 1 aromatic carbocycles. The summed E-state index contributed by atoms with van der Waals surface area (Å²) in [5.41, 5.74) is 5.84. The molecule has 0 unspecified atom stereocenters. The number of nitrogens with two attached hydrogens (primary N) is 1. The molecule has 1 heterocycles. The van der Waals surface area contributed by atoms with Crippen LogP contribution in [0.2, 0.25) is 0 Å². The number of hydrogen-bond donors (Lipinski definition) is 3. The normalized spacial score (nSPS) is 15.9. The van der Waals surface area contributed by atoms with Gasteiger partial charge in [-0.1, -0.05) is 0 Å². The van der Waals surface area contributed by atoms with Crippen molar-refractivity contribution in [3.8, 4) is 5.75 Å². The lowest BCUT2D eigenvalue weighted by Crippen LogP contribution is -2.43. The van der Waals surface area contributed by atoms with Crippen LogP contribution < -0.4 is 16.0 Å². The fourth-order valence-electron chi connectivity index (χ4n) is 1.93. The number of benzene rings is 1. The van der Waals surface area contributed by atoms with E-state index in [1.807, 2.05) is 4.90 Å². The molecule has 0 aromatic heterocycles. The lowest BCUT2D eigenvalue weighted by molar-refractivity contribution is 0.470. The molecule has 92 valence electrons. The number of rotatable bonds is 2. The van der Waals surface area contributed by atoms with Crippen LogP contribution in [0.25, 0.3) is 0 Å². The Balaban J connectivity index is 2.35. The first-order valence-corrected chi connectivity index (χ1v) is 5.45. The summed E-state index contributed by atoms with van der Waals surface area (Å²) in [7, 11) is 0. The molecule has 0 bridgehead atoms. The van der Waals surface area contributed by atoms with E-state index in [1.165, 1.54) is 12.1 Å². The number of nitrogens with zero attached hydrogens (tertiary/aromatic N) is 1. The number of piperazine rings is 1. The fraction of sp³-hybridized carbons (Fsp3) is 0.364. The number of hydrogen-bond acceptors (Lipinski definition) is 3. The van der Waals surface area contributed by atoms with Gasteiger partial charge in [-0.2, -0.15) is 0 Å². The maximum absolute atomic E-state index is 13.9. The first-order valence-electron chi connectivity index (χ1n) is 5.45. The Morgan fingerprint density at radius 1 is 1.41 bits per heavy atom. The topological polar surface area (TPSA) is 88.0 Å². The SMILES string of the molecule is N=C(N)c1cc(F)c(N2CCNCC2)cc1[OH2+]. The zero-order chi connectivity index (χ0) is 12.4. The molecular formula is C11H16FN4O+. The van der Waals surface area contributed by atoms with Crippen molar-refractivity contribution in [3.63, 3.8) is 0 Å². The highest BCUT2D eigenvalue weighted by Crippen LogP contribution is 2.28. The Bertz CT molecular complexity index is 443. The molecule has 0 radical (unpaired) electrons. The van der Waals surface area contributed by atoms with Gasteiger partial charge in [-0.05, 0) is 6.07 Å². The summed E-state index contributed by atoms with van der Waals surface area (Å²) >= 11 is 0. The van der Waals surface area contributed by atoms with Gasteiger partial charge < -0.3 is 21.1 Å². The van der Waals surface area contributed by atoms with Gasteiger partial charge >= 0.3 is 0 Å². The van der Waals surface area contributed by atoms with Crippen molar-refractivity contribution in [2.45, 2.75) is 0 Å². The third kappa shape index (κ3) is 2.31. The predicted molar refractivity (Wildman–Crippen MR) is 65.6 cm³/mol. The van der Waals surface area contributed by atoms with Crippen molar-refractivity contribution in [2.24, 2.45) is 5.73 Å². The lowest BCUT2D eigenvalue weighted by Gasteiger charge is -2.29. The maximum atomic E-state index is 13.9. The highest BCUT2D eigenvalue weighted by Gasteiger charge is 2.20. The summed E-state index contributed by atoms with van der Waals surface area (Å²) in [5.74, 6) is -0.610. The molecule has 0 spiro atoms. The first kappa shape index (κ1) is 11.7. The quantitative estimate of drug-likeness (QED) is 0.384. The van der Waals surface area contributed by atoms with Crippen molar-refractivity contribution < 1.29 is 9.50 Å². The summed E-state index contributed by atoms with van der Waals surface area (Å²) in [6.45, 7) is 3.05. The van der Waals surface area contributed by atoms with E-state index in [1.54, 1.807) is 0 Å². The van der Waals surface area contributed by atoms with Crippen LogP contribution in [0.4, 0.5) is 10.1 Å². The van der Waals surface area contributed by atoms with Gasteiger partial charge in [0, 0.05) is 26.2 Å². The minimum atomic E-state index is -0.423. The number of nitrogen functional groups attached to an aromatic ring is 1. The van der Waals surface area contributed by atoms with Crippen LogP contribution in [0.1, 0.15) is 5.56 Å². The summed E-state index contributed by atoms with van der Waals surface area (Å²) in [6, 6.07) is 2.61. The molecule has 17 heavy (non-hydrogen) atoms. The van der Waals surface area contributed by atoms with E-state index in [0.29, 0.717) is 5.69 Å². The molecule has 0 amide bonds. The zero-order valence-corrected chi connectivity index (χ0v) is 9.39. The second-order valence-corrected chi connectivity index (χ2v) is 4.00. The molecule has 2 rings (SSSR count). The van der Waals surface area contributed by atoms with Crippen molar-refractivity contribution in [1.29, 1.82) is 5.41 Å². The van der Waals surface area contributed by atoms with Crippen LogP contribution >= 0.6 is 0 Å². The summed E-state index contributed by atoms with van der Waals surface area (Å²) in [6.07, 6.45) is 0. The van der Waals surface area contributed by atoms with Crippen LogP contribution in [0.5, 0.6) is 5.75 Å². The minimum Gasteiger partial charge on any atom is -0.593 e. The molecule has 0 saturated carbocycles. The number of amidine groups is 1. The molecule has 1 saturated heterocycles. The smallest absolute Gasteiger partial charge is 0.267 e. The lowest BCUT2D eigenvalue weighted by atomic mass is 10.1. The molecule has 1 aromatic rings. The van der Waals surface area contributed by atoms with Crippen LogP contribution in [0.3, 0.4) is 0 Å². The average molecular weight is 239 g/mol. The standard InChI is InChI=1S/C11H15FN4O/c12-8-5-7(11(13)14)10(17)6-9(8)16-3-1-15-2-4-16/h5-6,15,17H,1-4H2,(H3,13,14)/p+1. The van der Waals surface area contributed by atoms with Crippen molar-refractivity contribution in [1.82, 2.24) is 5.32 Å². The van der Waals surface area contributed by atoms with Gasteiger partial charge in [0.05, 0.1) is 11.8 Å². The largest absolute Gasteiger partial charge is 0.593 e. The minimum absolute atomic E-state index is 0.0902. The van der Waals surface area contributed by atoms with E-state index in [0.717, 1.165) is 26.2 Å². The predicted octanol–water partition coefficient (Wildman–Crippen LogP) is -0.0427. The Hall–Kier alpha value is -1.82. The van der Waals surface area contributed by atoms with Gasteiger partial charge in [-0.3, -0.25) is 5.41 Å². The van der Waals surface area contributed by atoms with Crippen molar-refractivity contribution >= 4 is 11.5 Å². The number of nitrogens with one attached hydrogen (secondary N) is 2. The fourth-order valence-corrected chi connectivity index (χ4v) is 1.93. The summed E-state index contributed by atoms with van der Waals surface area (Å²) < 4.78 is 13.9. The average Bonchev–Trinajstić information content (AvgIpc) is 2.32. The third-order valence-corrected chi connectivity index (χ3v) is 2.83. The van der Waals surface area contributed by atoms with Gasteiger partial charge in [0.1, 0.15) is 17.2 Å². The number of anilines is 1. The Kier molecular flexibility index (Phi) is 3.14. The molecule has 1 aliphatic heterocycles. The maximum Gasteiger partial charge on any atom is 0.267 e. The van der Waals surface area contributed by atoms with Crippen molar-refractivity contribution in [2.75, 3.05) is 31.1 Å². The number of halogens is 1. The first-order chi connectivity index (χ1) is 8.09. The summed E-state index contributed by atoms with van der Waals surface area (Å²) in [4.78, 5) is 1.90. The van der Waals surface area contributed by atoms with Crippen LogP contribution in [-0.2, 0) is 0 Å². The highest BCUT2D eigenvalue weighted by molar-refractivity contribution is 5.98. The van der Waals surface area contributed by atoms with E-state index in [9.17, 15) is 4.39 Å². The second kappa shape index (κ2) is 4.58. The Morgan fingerprint density at radius 3 is 2.65 bits per heavy atom. The van der Waals surface area contributed by atoms with E-state index in [2.05, 4.69) is 5.32 Å². The van der Waals surface area contributed by atoms with Gasteiger partial charge in [0.25, 0.3) is 5.75 Å². The van der Waals surface area contributed by atoms with Gasteiger partial charge in [-0.25, -0.2) is 4.39 Å². The molecule has 6 N–H and O–H groups in total. The van der Waals surface area contributed by atoms with Gasteiger partial charge in [-0.15, -0.1) is 0 Å². The van der Waals surface area contributed by atoms with Gasteiger partial charge in [0.2, 0.25) is 0 Å². The highest BCUT2D eigenvalue weighted by atomic mass is 19.1. The molecule has 1 aliphatic rings. The third-order valence-electron chi connectivity index (χ3n) is 2.83. The summed E-state index contributed by atoms with van der Waals surface area (Å²) in [5, 5.41) is 18.2. The Morgan fingerprint density at radius 2 is 2.06 bits per heavy atom. The second-order valence-electron chi connectivity index (χ2n) is 4.00. The molecule has 0 atom stereocenters. The van der Waals surface area contributed by atoms with Crippen molar-refractivity contribution in [3.05, 3.63) is 23.5 Å².